The quantitative estimate of drug-likeness (QED) is 0.797. The Bertz CT molecular complexity index is 256. The summed E-state index contributed by atoms with van der Waals surface area (Å²) in [6.07, 6.45) is 9.57. The van der Waals surface area contributed by atoms with Crippen LogP contribution >= 0.6 is 0 Å². The molecule has 1 N–H and O–H groups in total. The molecule has 3 unspecified atom stereocenters. The van der Waals surface area contributed by atoms with Crippen molar-refractivity contribution in [3.63, 3.8) is 0 Å². The molecule has 1 aliphatic heterocycles. The largest absolute Gasteiger partial charge is 0.314 e. The van der Waals surface area contributed by atoms with Crippen LogP contribution in [0.15, 0.2) is 0 Å². The highest BCUT2D eigenvalue weighted by atomic mass is 15.2. The van der Waals surface area contributed by atoms with Crippen molar-refractivity contribution in [2.24, 2.45) is 0 Å². The van der Waals surface area contributed by atoms with E-state index in [2.05, 4.69) is 36.1 Å². The highest BCUT2D eigenvalue weighted by Gasteiger charge is 2.28. The summed E-state index contributed by atoms with van der Waals surface area (Å²) in [5, 5.41) is 3.72. The molecule has 0 bridgehead atoms. The van der Waals surface area contributed by atoms with Crippen molar-refractivity contribution >= 4 is 0 Å². The van der Waals surface area contributed by atoms with Gasteiger partial charge < -0.3 is 15.1 Å². The van der Waals surface area contributed by atoms with E-state index in [1.165, 1.54) is 64.6 Å². The second kappa shape index (κ2) is 7.61. The Labute approximate surface area is 119 Å². The van der Waals surface area contributed by atoms with E-state index in [0.29, 0.717) is 0 Å². The molecule has 112 valence electrons. The lowest BCUT2D eigenvalue weighted by atomic mass is 9.90. The fourth-order valence-corrected chi connectivity index (χ4v) is 3.79. The number of likely N-dealkylation sites (tertiary alicyclic amines) is 1. The second-order valence-corrected chi connectivity index (χ2v) is 6.69. The maximum Gasteiger partial charge on any atom is 0.0220 e. The van der Waals surface area contributed by atoms with Crippen LogP contribution in [-0.2, 0) is 0 Å². The zero-order chi connectivity index (χ0) is 13.7. The van der Waals surface area contributed by atoms with Crippen LogP contribution < -0.4 is 5.32 Å². The SMILES string of the molecule is CCCNC1CCCC(N(C)CC2CCCN2C)C1. The van der Waals surface area contributed by atoms with E-state index in [9.17, 15) is 0 Å². The van der Waals surface area contributed by atoms with Crippen LogP contribution in [0.5, 0.6) is 0 Å². The molecule has 1 aliphatic carbocycles. The van der Waals surface area contributed by atoms with E-state index in [1.807, 2.05) is 0 Å². The first-order chi connectivity index (χ1) is 9.20. The van der Waals surface area contributed by atoms with Crippen molar-refractivity contribution in [2.75, 3.05) is 33.7 Å². The molecule has 2 fully saturated rings. The summed E-state index contributed by atoms with van der Waals surface area (Å²) in [5.74, 6) is 0. The zero-order valence-electron chi connectivity index (χ0n) is 13.2. The Morgan fingerprint density at radius 1 is 1.21 bits per heavy atom. The lowest BCUT2D eigenvalue weighted by molar-refractivity contribution is 0.135. The van der Waals surface area contributed by atoms with Crippen LogP contribution in [0.4, 0.5) is 0 Å². The van der Waals surface area contributed by atoms with Gasteiger partial charge in [0, 0.05) is 24.7 Å². The minimum Gasteiger partial charge on any atom is -0.314 e. The fraction of sp³-hybridized carbons (Fsp3) is 1.00. The Balaban J connectivity index is 1.76. The van der Waals surface area contributed by atoms with Crippen LogP contribution in [0.1, 0.15) is 51.9 Å². The Hall–Kier alpha value is -0.120. The van der Waals surface area contributed by atoms with Crippen molar-refractivity contribution in [3.8, 4) is 0 Å². The van der Waals surface area contributed by atoms with Crippen LogP contribution in [-0.4, -0.2) is 61.7 Å². The van der Waals surface area contributed by atoms with E-state index < -0.39 is 0 Å². The first-order valence-corrected chi connectivity index (χ1v) is 8.34. The van der Waals surface area contributed by atoms with Gasteiger partial charge in [0.2, 0.25) is 0 Å². The molecule has 19 heavy (non-hydrogen) atoms. The summed E-state index contributed by atoms with van der Waals surface area (Å²) in [4.78, 5) is 5.19. The number of nitrogens with zero attached hydrogens (tertiary/aromatic N) is 2. The zero-order valence-corrected chi connectivity index (χ0v) is 13.2. The van der Waals surface area contributed by atoms with E-state index in [-0.39, 0.29) is 0 Å². The molecular weight excluding hydrogens is 234 g/mol. The van der Waals surface area contributed by atoms with E-state index in [4.69, 9.17) is 0 Å². The molecule has 1 saturated carbocycles. The van der Waals surface area contributed by atoms with E-state index >= 15 is 0 Å². The number of likely N-dealkylation sites (N-methyl/N-ethyl adjacent to an activating group) is 2. The van der Waals surface area contributed by atoms with Gasteiger partial charge in [0.25, 0.3) is 0 Å². The molecule has 1 heterocycles. The number of hydrogen-bond donors (Lipinski definition) is 1. The van der Waals surface area contributed by atoms with Gasteiger partial charge in [0.1, 0.15) is 0 Å². The minimum atomic E-state index is 0.766. The van der Waals surface area contributed by atoms with Gasteiger partial charge in [-0.05, 0) is 65.7 Å². The van der Waals surface area contributed by atoms with Gasteiger partial charge in [-0.1, -0.05) is 13.3 Å². The van der Waals surface area contributed by atoms with Crippen LogP contribution in [0.3, 0.4) is 0 Å². The predicted octanol–water partition coefficient (Wildman–Crippen LogP) is 2.32. The van der Waals surface area contributed by atoms with Crippen molar-refractivity contribution < 1.29 is 0 Å². The normalized spacial score (nSPS) is 33.2. The summed E-state index contributed by atoms with van der Waals surface area (Å²) < 4.78 is 0. The van der Waals surface area contributed by atoms with Gasteiger partial charge in [-0.15, -0.1) is 0 Å². The first-order valence-electron chi connectivity index (χ1n) is 8.34. The van der Waals surface area contributed by atoms with Gasteiger partial charge in [-0.25, -0.2) is 0 Å². The van der Waals surface area contributed by atoms with E-state index in [1.54, 1.807) is 0 Å². The van der Waals surface area contributed by atoms with Crippen molar-refractivity contribution in [1.82, 2.24) is 15.1 Å². The molecule has 0 aromatic rings. The number of nitrogens with one attached hydrogen (secondary N) is 1. The molecule has 0 aromatic carbocycles. The summed E-state index contributed by atoms with van der Waals surface area (Å²) in [6, 6.07) is 2.37. The van der Waals surface area contributed by atoms with Crippen LogP contribution in [0, 0.1) is 0 Å². The number of rotatable bonds is 6. The average molecular weight is 267 g/mol. The summed E-state index contributed by atoms with van der Waals surface area (Å²) in [5.41, 5.74) is 0. The maximum absolute atomic E-state index is 3.72. The number of hydrogen-bond acceptors (Lipinski definition) is 3. The molecule has 3 heteroatoms. The highest BCUT2D eigenvalue weighted by molar-refractivity contribution is 4.86. The molecule has 2 rings (SSSR count). The maximum atomic E-state index is 3.72. The molecule has 0 aromatic heterocycles. The van der Waals surface area contributed by atoms with Gasteiger partial charge in [0.15, 0.2) is 0 Å². The van der Waals surface area contributed by atoms with Crippen molar-refractivity contribution in [2.45, 2.75) is 70.0 Å². The predicted molar refractivity (Wildman–Crippen MR) is 82.6 cm³/mol. The second-order valence-electron chi connectivity index (χ2n) is 6.69. The van der Waals surface area contributed by atoms with Crippen molar-refractivity contribution in [3.05, 3.63) is 0 Å². The minimum absolute atomic E-state index is 0.766. The fourth-order valence-electron chi connectivity index (χ4n) is 3.79. The van der Waals surface area contributed by atoms with Crippen molar-refractivity contribution in [1.29, 1.82) is 0 Å². The Morgan fingerprint density at radius 2 is 2.05 bits per heavy atom. The lowest BCUT2D eigenvalue weighted by Gasteiger charge is -2.37. The summed E-state index contributed by atoms with van der Waals surface area (Å²) >= 11 is 0. The molecule has 3 atom stereocenters. The average Bonchev–Trinajstić information content (AvgIpc) is 2.82. The third kappa shape index (κ3) is 4.44. The Kier molecular flexibility index (Phi) is 6.11. The molecule has 0 radical (unpaired) electrons. The van der Waals surface area contributed by atoms with Gasteiger partial charge >= 0.3 is 0 Å². The topological polar surface area (TPSA) is 18.5 Å². The van der Waals surface area contributed by atoms with Gasteiger partial charge in [0.05, 0.1) is 0 Å². The molecule has 0 amide bonds. The standard InChI is InChI=1S/C16H33N3/c1-4-10-17-14-7-5-8-15(12-14)19(3)13-16-9-6-11-18(16)2/h14-17H,4-13H2,1-3H3. The smallest absolute Gasteiger partial charge is 0.0220 e. The lowest BCUT2D eigenvalue weighted by Crippen LogP contribution is -2.46. The highest BCUT2D eigenvalue weighted by Crippen LogP contribution is 2.24. The van der Waals surface area contributed by atoms with Crippen LogP contribution in [0.2, 0.25) is 0 Å². The molecule has 3 nitrogen and oxygen atoms in total. The third-order valence-electron chi connectivity index (χ3n) is 5.12. The van der Waals surface area contributed by atoms with Gasteiger partial charge in [-0.3, -0.25) is 0 Å². The van der Waals surface area contributed by atoms with Crippen LogP contribution in [0.25, 0.3) is 0 Å². The summed E-state index contributed by atoms with van der Waals surface area (Å²) in [6.45, 7) is 6.01. The summed E-state index contributed by atoms with van der Waals surface area (Å²) in [7, 11) is 4.64. The third-order valence-corrected chi connectivity index (χ3v) is 5.12. The molecule has 1 saturated heterocycles. The van der Waals surface area contributed by atoms with E-state index in [0.717, 1.165) is 18.1 Å². The monoisotopic (exact) mass is 267 g/mol. The van der Waals surface area contributed by atoms with Gasteiger partial charge in [-0.2, -0.15) is 0 Å². The molecular formula is C16H33N3. The first kappa shape index (κ1) is 15.3. The molecule has 0 spiro atoms. The Morgan fingerprint density at radius 3 is 2.74 bits per heavy atom. The molecule has 2 aliphatic rings.